The molecule has 2 aromatic rings. The third kappa shape index (κ3) is 3.98. The first kappa shape index (κ1) is 20.6. The van der Waals surface area contributed by atoms with Crippen LogP contribution in [0.15, 0.2) is 34.9 Å². The van der Waals surface area contributed by atoms with Gasteiger partial charge in [0.25, 0.3) is 5.91 Å². The minimum atomic E-state index is 0.0387. The number of aromatic nitrogens is 1. The fourth-order valence-corrected chi connectivity index (χ4v) is 6.10. The second-order valence-corrected chi connectivity index (χ2v) is 9.48. The number of ether oxygens (including phenoxy) is 1. The Balaban J connectivity index is 1.31. The number of carbonyl (C=O) groups is 1. The summed E-state index contributed by atoms with van der Waals surface area (Å²) in [6.45, 7) is 4.83. The van der Waals surface area contributed by atoms with Crippen LogP contribution in [0.5, 0.6) is 5.75 Å². The van der Waals surface area contributed by atoms with Crippen LogP contribution < -0.4 is 4.74 Å². The summed E-state index contributed by atoms with van der Waals surface area (Å²) in [6.07, 6.45) is 6.75. The molecule has 0 unspecified atom stereocenters. The van der Waals surface area contributed by atoms with Gasteiger partial charge in [0.2, 0.25) is 0 Å². The van der Waals surface area contributed by atoms with E-state index in [0.717, 1.165) is 44.0 Å². The maximum atomic E-state index is 13.1. The average Bonchev–Trinajstić information content (AvgIpc) is 3.27. The van der Waals surface area contributed by atoms with Crippen LogP contribution in [0.4, 0.5) is 0 Å². The van der Waals surface area contributed by atoms with Crippen molar-refractivity contribution < 1.29 is 14.1 Å². The number of rotatable bonds is 5. The molecule has 4 atom stereocenters. The lowest BCUT2D eigenvalue weighted by Gasteiger charge is -2.55. The molecule has 1 aromatic carbocycles. The van der Waals surface area contributed by atoms with Gasteiger partial charge < -0.3 is 14.2 Å². The van der Waals surface area contributed by atoms with Gasteiger partial charge in [-0.25, -0.2) is 0 Å². The predicted molar refractivity (Wildman–Crippen MR) is 118 cm³/mol. The average molecular weight is 424 g/mol. The van der Waals surface area contributed by atoms with Crippen LogP contribution >= 0.6 is 0 Å². The van der Waals surface area contributed by atoms with Crippen molar-refractivity contribution >= 4 is 5.91 Å². The molecule has 0 aliphatic carbocycles. The highest BCUT2D eigenvalue weighted by Crippen LogP contribution is 2.44. The lowest BCUT2D eigenvalue weighted by atomic mass is 9.74. The molecule has 0 radical (unpaired) electrons. The van der Waals surface area contributed by atoms with Gasteiger partial charge in [0.05, 0.1) is 7.11 Å². The smallest absolute Gasteiger partial charge is 0.276 e. The van der Waals surface area contributed by atoms with Crippen molar-refractivity contribution in [2.75, 3.05) is 26.7 Å². The number of fused-ring (bicyclic) bond motifs is 4. The lowest BCUT2D eigenvalue weighted by Crippen LogP contribution is -2.60. The normalized spacial score (nSPS) is 28.3. The quantitative estimate of drug-likeness (QED) is 0.717. The van der Waals surface area contributed by atoms with Gasteiger partial charge in [-0.05, 0) is 61.6 Å². The number of carbonyl (C=O) groups excluding carboxylic acids is 1. The molecule has 0 N–H and O–H groups in total. The van der Waals surface area contributed by atoms with E-state index in [1.807, 2.05) is 11.0 Å². The molecule has 6 nitrogen and oxygen atoms in total. The Morgan fingerprint density at radius 1 is 1.19 bits per heavy atom. The van der Waals surface area contributed by atoms with Crippen LogP contribution in [0.1, 0.15) is 66.9 Å². The molecule has 1 amide bonds. The second-order valence-electron chi connectivity index (χ2n) is 9.48. The molecule has 3 fully saturated rings. The fourth-order valence-electron chi connectivity index (χ4n) is 6.10. The first-order valence-corrected chi connectivity index (χ1v) is 11.8. The fraction of sp³-hybridized carbons (Fsp3) is 0.600. The maximum absolute atomic E-state index is 13.1. The summed E-state index contributed by atoms with van der Waals surface area (Å²) in [6, 6.07) is 11.5. The standard InChI is InChI=1S/C25H33N3O3/c1-3-5-21-13-22(26-31-21)25(29)27-14-17-12-19(16-27)24-7-4-6-23(28(24)15-17)18-8-10-20(30-2)11-9-18/h8-11,13,17,19,23-24H,3-7,12,14-16H2,1-2H3/t17-,19+,23+,24-/m0/s1. The molecule has 0 saturated carbocycles. The molecule has 6 heteroatoms. The Hall–Kier alpha value is -2.34. The second kappa shape index (κ2) is 8.65. The summed E-state index contributed by atoms with van der Waals surface area (Å²) in [5.74, 6) is 2.83. The van der Waals surface area contributed by atoms with E-state index < -0.39 is 0 Å². The Morgan fingerprint density at radius 3 is 2.81 bits per heavy atom. The summed E-state index contributed by atoms with van der Waals surface area (Å²) in [4.78, 5) is 17.9. The van der Waals surface area contributed by atoms with E-state index in [2.05, 4.69) is 41.2 Å². The highest BCUT2D eigenvalue weighted by molar-refractivity contribution is 5.92. The third-order valence-electron chi connectivity index (χ3n) is 7.45. The Kier molecular flexibility index (Phi) is 5.74. The van der Waals surface area contributed by atoms with Crippen LogP contribution in [0.2, 0.25) is 0 Å². The van der Waals surface area contributed by atoms with Crippen LogP contribution in [-0.4, -0.2) is 53.6 Å². The van der Waals surface area contributed by atoms with E-state index in [1.54, 1.807) is 7.11 Å². The van der Waals surface area contributed by atoms with Gasteiger partial charge in [-0.2, -0.15) is 0 Å². The number of methoxy groups -OCH3 is 1. The van der Waals surface area contributed by atoms with Gasteiger partial charge in [0, 0.05) is 44.2 Å². The van der Waals surface area contributed by atoms with E-state index in [4.69, 9.17) is 9.26 Å². The molecule has 4 heterocycles. The largest absolute Gasteiger partial charge is 0.497 e. The van der Waals surface area contributed by atoms with Crippen molar-refractivity contribution in [3.8, 4) is 5.75 Å². The minimum absolute atomic E-state index is 0.0387. The topological polar surface area (TPSA) is 58.8 Å². The number of benzene rings is 1. The first-order chi connectivity index (χ1) is 15.2. The van der Waals surface area contributed by atoms with Crippen molar-refractivity contribution in [3.05, 3.63) is 47.3 Å². The van der Waals surface area contributed by atoms with Crippen molar-refractivity contribution in [2.45, 2.75) is 57.5 Å². The zero-order chi connectivity index (χ0) is 21.4. The van der Waals surface area contributed by atoms with E-state index in [0.29, 0.717) is 29.6 Å². The van der Waals surface area contributed by atoms with Crippen LogP contribution in [-0.2, 0) is 6.42 Å². The van der Waals surface area contributed by atoms with Gasteiger partial charge in [-0.3, -0.25) is 9.69 Å². The summed E-state index contributed by atoms with van der Waals surface area (Å²) < 4.78 is 10.7. The molecular formula is C25H33N3O3. The first-order valence-electron chi connectivity index (χ1n) is 11.8. The van der Waals surface area contributed by atoms with Crippen LogP contribution in [0, 0.1) is 11.8 Å². The summed E-state index contributed by atoms with van der Waals surface area (Å²) in [7, 11) is 1.72. The van der Waals surface area contributed by atoms with Crippen molar-refractivity contribution in [1.29, 1.82) is 0 Å². The summed E-state index contributed by atoms with van der Waals surface area (Å²) >= 11 is 0. The van der Waals surface area contributed by atoms with Gasteiger partial charge >= 0.3 is 0 Å². The van der Waals surface area contributed by atoms with Gasteiger partial charge in [-0.15, -0.1) is 0 Å². The SMILES string of the molecule is CCCc1cc(C(=O)N2C[C@@H]3C[C@H](C2)[C@@H]2CCC[C@H](c4ccc(OC)cc4)N2C3)no1. The van der Waals surface area contributed by atoms with Crippen LogP contribution in [0.3, 0.4) is 0 Å². The molecule has 3 aliphatic heterocycles. The van der Waals surface area contributed by atoms with Crippen molar-refractivity contribution in [2.24, 2.45) is 11.8 Å². The van der Waals surface area contributed by atoms with E-state index in [-0.39, 0.29) is 5.91 Å². The lowest BCUT2D eigenvalue weighted by molar-refractivity contribution is -0.0513. The highest BCUT2D eigenvalue weighted by atomic mass is 16.5. The molecule has 1 aromatic heterocycles. The molecule has 5 rings (SSSR count). The molecule has 3 aliphatic rings. The molecule has 2 bridgehead atoms. The number of amides is 1. The van der Waals surface area contributed by atoms with E-state index in [9.17, 15) is 4.79 Å². The molecule has 31 heavy (non-hydrogen) atoms. The Morgan fingerprint density at radius 2 is 2.03 bits per heavy atom. The zero-order valence-corrected chi connectivity index (χ0v) is 18.6. The van der Waals surface area contributed by atoms with E-state index in [1.165, 1.54) is 31.2 Å². The van der Waals surface area contributed by atoms with Crippen LogP contribution in [0.25, 0.3) is 0 Å². The minimum Gasteiger partial charge on any atom is -0.497 e. The molecule has 0 spiro atoms. The van der Waals surface area contributed by atoms with Crippen molar-refractivity contribution in [3.63, 3.8) is 0 Å². The third-order valence-corrected chi connectivity index (χ3v) is 7.45. The Bertz CT molecular complexity index is 909. The number of likely N-dealkylation sites (tertiary alicyclic amines) is 1. The highest BCUT2D eigenvalue weighted by Gasteiger charge is 2.46. The molecule has 166 valence electrons. The number of hydrogen-bond acceptors (Lipinski definition) is 5. The maximum Gasteiger partial charge on any atom is 0.276 e. The Labute approximate surface area is 184 Å². The van der Waals surface area contributed by atoms with Gasteiger partial charge in [0.1, 0.15) is 11.5 Å². The number of hydrogen-bond donors (Lipinski definition) is 0. The zero-order valence-electron chi connectivity index (χ0n) is 18.6. The monoisotopic (exact) mass is 423 g/mol. The number of aryl methyl sites for hydroxylation is 1. The van der Waals surface area contributed by atoms with Gasteiger partial charge in [0.15, 0.2) is 5.69 Å². The van der Waals surface area contributed by atoms with Crippen molar-refractivity contribution in [1.82, 2.24) is 15.0 Å². The predicted octanol–water partition coefficient (Wildman–Crippen LogP) is 4.32. The number of nitrogens with zero attached hydrogens (tertiary/aromatic N) is 3. The summed E-state index contributed by atoms with van der Waals surface area (Å²) in [5, 5.41) is 4.06. The van der Waals surface area contributed by atoms with E-state index >= 15 is 0 Å². The summed E-state index contributed by atoms with van der Waals surface area (Å²) in [5.41, 5.74) is 1.87. The number of piperidine rings is 3. The molecular weight excluding hydrogens is 390 g/mol. The van der Waals surface area contributed by atoms with Gasteiger partial charge in [-0.1, -0.05) is 24.2 Å². The molecule has 3 saturated heterocycles.